The molecule has 0 saturated heterocycles. The molecule has 0 saturated carbocycles. The summed E-state index contributed by atoms with van der Waals surface area (Å²) < 4.78 is 21.1. The molecule has 0 N–H and O–H groups in total. The van der Waals surface area contributed by atoms with Crippen molar-refractivity contribution in [2.75, 3.05) is 27.9 Å². The lowest BCUT2D eigenvalue weighted by Gasteiger charge is -2.29. The van der Waals surface area contributed by atoms with Crippen LogP contribution in [0.2, 0.25) is 0 Å². The topological polar surface area (TPSA) is 36.9 Å². The Morgan fingerprint density at radius 3 is 2.00 bits per heavy atom. The summed E-state index contributed by atoms with van der Waals surface area (Å²) in [6, 6.07) is 0. The fraction of sp³-hybridized carbons (Fsp3) is 0.750. The molecule has 0 fully saturated rings. The Morgan fingerprint density at radius 1 is 1.23 bits per heavy atom. The van der Waals surface area contributed by atoms with E-state index in [0.717, 1.165) is 0 Å². The third-order valence-corrected chi connectivity index (χ3v) is 4.69. The highest BCUT2D eigenvalue weighted by atomic mass is 28.4. The summed E-state index contributed by atoms with van der Waals surface area (Å²) in [5, 5.41) is 0. The predicted octanol–water partition coefficient (Wildman–Crippen LogP) is 0.995. The van der Waals surface area contributed by atoms with E-state index in [9.17, 15) is 0 Å². The molecule has 0 aliphatic carbocycles. The Morgan fingerprint density at radius 2 is 1.69 bits per heavy atom. The monoisotopic (exact) mass is 206 g/mol. The van der Waals surface area contributed by atoms with E-state index < -0.39 is 8.80 Å². The summed E-state index contributed by atoms with van der Waals surface area (Å²) in [4.78, 5) is 0. The zero-order valence-electron chi connectivity index (χ0n) is 8.70. The first-order valence-electron chi connectivity index (χ1n) is 4.04. The number of ether oxygens (including phenoxy) is 1. The van der Waals surface area contributed by atoms with Gasteiger partial charge in [-0.1, -0.05) is 6.08 Å². The van der Waals surface area contributed by atoms with Gasteiger partial charge in [0.25, 0.3) is 0 Å². The Kier molecular flexibility index (Phi) is 6.18. The fourth-order valence-electron chi connectivity index (χ4n) is 1.06. The molecule has 0 aromatic heterocycles. The van der Waals surface area contributed by atoms with Gasteiger partial charge in [-0.15, -0.1) is 6.58 Å². The third kappa shape index (κ3) is 3.20. The Hall–Kier alpha value is -0.203. The summed E-state index contributed by atoms with van der Waals surface area (Å²) in [7, 11) is 2.06. The molecule has 13 heavy (non-hydrogen) atoms. The van der Waals surface area contributed by atoms with Gasteiger partial charge in [-0.05, 0) is 6.92 Å². The van der Waals surface area contributed by atoms with Crippen LogP contribution in [0, 0.1) is 0 Å². The van der Waals surface area contributed by atoms with Crippen LogP contribution < -0.4 is 0 Å². The molecule has 78 valence electrons. The molecule has 0 heterocycles. The minimum absolute atomic E-state index is 0.189. The third-order valence-electron chi connectivity index (χ3n) is 1.82. The second kappa shape index (κ2) is 6.28. The van der Waals surface area contributed by atoms with E-state index in [0.29, 0.717) is 6.61 Å². The average molecular weight is 206 g/mol. The molecule has 0 aromatic carbocycles. The van der Waals surface area contributed by atoms with Crippen LogP contribution in [-0.2, 0) is 18.0 Å². The lowest BCUT2D eigenvalue weighted by molar-refractivity contribution is 0.0315. The second-order valence-electron chi connectivity index (χ2n) is 2.48. The first-order valence-corrected chi connectivity index (χ1v) is 5.85. The van der Waals surface area contributed by atoms with E-state index in [1.54, 1.807) is 27.4 Å². The van der Waals surface area contributed by atoms with Crippen molar-refractivity contribution >= 4 is 8.80 Å². The van der Waals surface area contributed by atoms with Gasteiger partial charge in [0.15, 0.2) is 0 Å². The van der Waals surface area contributed by atoms with Crippen molar-refractivity contribution in [2.45, 2.75) is 12.7 Å². The van der Waals surface area contributed by atoms with Crippen molar-refractivity contribution in [3.8, 4) is 0 Å². The minimum atomic E-state index is -2.63. The first-order chi connectivity index (χ1) is 6.16. The van der Waals surface area contributed by atoms with Crippen LogP contribution in [0.4, 0.5) is 0 Å². The normalized spacial score (nSPS) is 14.2. The van der Waals surface area contributed by atoms with E-state index in [4.69, 9.17) is 18.0 Å². The first kappa shape index (κ1) is 12.8. The van der Waals surface area contributed by atoms with E-state index in [-0.39, 0.29) is 5.73 Å². The molecule has 0 rings (SSSR count). The number of hydrogen-bond donors (Lipinski definition) is 0. The van der Waals surface area contributed by atoms with Crippen molar-refractivity contribution in [3.63, 3.8) is 0 Å². The zero-order chi connectivity index (χ0) is 10.3. The fourth-order valence-corrected chi connectivity index (χ4v) is 2.86. The van der Waals surface area contributed by atoms with Gasteiger partial charge in [0.2, 0.25) is 0 Å². The molecule has 0 amide bonds. The number of rotatable bonds is 7. The number of hydrogen-bond acceptors (Lipinski definition) is 4. The van der Waals surface area contributed by atoms with Gasteiger partial charge in [0, 0.05) is 21.3 Å². The SMILES string of the molecule is C=CCOC(C)[Si](OC)(OC)OC. The summed E-state index contributed by atoms with van der Waals surface area (Å²) in [6.45, 7) is 5.89. The molecule has 4 nitrogen and oxygen atoms in total. The maximum absolute atomic E-state index is 5.40. The summed E-state index contributed by atoms with van der Waals surface area (Å²) in [6.07, 6.45) is 1.68. The van der Waals surface area contributed by atoms with Crippen molar-refractivity contribution in [1.29, 1.82) is 0 Å². The molecule has 0 spiro atoms. The predicted molar refractivity (Wildman–Crippen MR) is 52.4 cm³/mol. The van der Waals surface area contributed by atoms with Gasteiger partial charge < -0.3 is 18.0 Å². The van der Waals surface area contributed by atoms with Gasteiger partial charge in [-0.3, -0.25) is 0 Å². The van der Waals surface area contributed by atoms with Crippen LogP contribution in [0.3, 0.4) is 0 Å². The zero-order valence-corrected chi connectivity index (χ0v) is 9.70. The van der Waals surface area contributed by atoms with E-state index in [1.807, 2.05) is 6.92 Å². The molecule has 5 heteroatoms. The summed E-state index contributed by atoms with van der Waals surface area (Å²) in [5.41, 5.74) is -0.189. The van der Waals surface area contributed by atoms with Crippen molar-refractivity contribution in [2.24, 2.45) is 0 Å². The summed E-state index contributed by atoms with van der Waals surface area (Å²) >= 11 is 0. The van der Waals surface area contributed by atoms with Crippen molar-refractivity contribution < 1.29 is 18.0 Å². The maximum Gasteiger partial charge on any atom is 0.530 e. The molecule has 0 aromatic rings. The van der Waals surface area contributed by atoms with Gasteiger partial charge >= 0.3 is 8.80 Å². The van der Waals surface area contributed by atoms with Gasteiger partial charge in [-0.25, -0.2) is 0 Å². The molecule has 0 aliphatic heterocycles. The van der Waals surface area contributed by atoms with E-state index >= 15 is 0 Å². The van der Waals surface area contributed by atoms with Crippen molar-refractivity contribution in [1.82, 2.24) is 0 Å². The van der Waals surface area contributed by atoms with E-state index in [2.05, 4.69) is 6.58 Å². The molecule has 0 aliphatic rings. The highest BCUT2D eigenvalue weighted by Crippen LogP contribution is 2.14. The molecule has 0 radical (unpaired) electrons. The maximum atomic E-state index is 5.40. The Labute approximate surface area is 80.8 Å². The Balaban J connectivity index is 4.24. The van der Waals surface area contributed by atoms with Crippen LogP contribution >= 0.6 is 0 Å². The molecular formula is C8H18O4Si. The Bertz CT molecular complexity index is 139. The smallest absolute Gasteiger partial charge is 0.375 e. The molecule has 0 bridgehead atoms. The van der Waals surface area contributed by atoms with E-state index in [1.165, 1.54) is 0 Å². The van der Waals surface area contributed by atoms with Gasteiger partial charge in [0.05, 0.1) is 6.61 Å². The highest BCUT2D eigenvalue weighted by molar-refractivity contribution is 6.61. The van der Waals surface area contributed by atoms with Crippen molar-refractivity contribution in [3.05, 3.63) is 12.7 Å². The second-order valence-corrected chi connectivity index (χ2v) is 5.73. The minimum Gasteiger partial charge on any atom is -0.375 e. The average Bonchev–Trinajstić information content (AvgIpc) is 2.18. The van der Waals surface area contributed by atoms with Gasteiger partial charge in [-0.2, -0.15) is 0 Å². The van der Waals surface area contributed by atoms with Gasteiger partial charge in [0.1, 0.15) is 5.73 Å². The molecule has 1 unspecified atom stereocenters. The standard InChI is InChI=1S/C8H18O4Si/c1-6-7-12-8(2)13(9-3,10-4)11-5/h6,8H,1,7H2,2-5H3. The van der Waals surface area contributed by atoms with Crippen LogP contribution in [-0.4, -0.2) is 42.5 Å². The lowest BCUT2D eigenvalue weighted by Crippen LogP contribution is -2.54. The van der Waals surface area contributed by atoms with Crippen LogP contribution in [0.5, 0.6) is 0 Å². The quantitative estimate of drug-likeness (QED) is 0.460. The van der Waals surface area contributed by atoms with Crippen LogP contribution in [0.25, 0.3) is 0 Å². The van der Waals surface area contributed by atoms with Crippen LogP contribution in [0.1, 0.15) is 6.92 Å². The van der Waals surface area contributed by atoms with Crippen LogP contribution in [0.15, 0.2) is 12.7 Å². The molecular weight excluding hydrogens is 188 g/mol. The highest BCUT2D eigenvalue weighted by Gasteiger charge is 2.45. The summed E-state index contributed by atoms with van der Waals surface area (Å²) in [5.74, 6) is 0. The molecule has 1 atom stereocenters. The largest absolute Gasteiger partial charge is 0.530 e. The lowest BCUT2D eigenvalue weighted by atomic mass is 10.7.